The zero-order chi connectivity index (χ0) is 10.6. The van der Waals surface area contributed by atoms with Crippen molar-refractivity contribution in [3.8, 4) is 0 Å². The van der Waals surface area contributed by atoms with Crippen LogP contribution in [0, 0.1) is 11.8 Å². The maximum absolute atomic E-state index is 6.32. The largest absolute Gasteiger partial charge is 0.364 e. The lowest BCUT2D eigenvalue weighted by Crippen LogP contribution is -2.56. The second kappa shape index (κ2) is 2.85. The van der Waals surface area contributed by atoms with E-state index < -0.39 is 0 Å². The summed E-state index contributed by atoms with van der Waals surface area (Å²) in [4.78, 5) is 0. The maximum atomic E-state index is 6.32. The number of fused-ring (bicyclic) bond motifs is 2. The monoisotopic (exact) mass is 194 g/mol. The molecule has 3 rings (SSSR count). The first-order valence-corrected chi connectivity index (χ1v) is 5.77. The van der Waals surface area contributed by atoms with Gasteiger partial charge in [0.15, 0.2) is 0 Å². The van der Waals surface area contributed by atoms with Crippen LogP contribution in [0.4, 0.5) is 0 Å². The predicted octanol–water partition coefficient (Wildman–Crippen LogP) is 3.55. The lowest BCUT2D eigenvalue weighted by atomic mass is 9.66. The van der Waals surface area contributed by atoms with Crippen LogP contribution in [0.3, 0.4) is 0 Å². The van der Waals surface area contributed by atoms with Crippen molar-refractivity contribution in [3.63, 3.8) is 0 Å². The van der Waals surface area contributed by atoms with Gasteiger partial charge in [-0.15, -0.1) is 0 Å². The van der Waals surface area contributed by atoms with E-state index in [4.69, 9.17) is 4.74 Å². The van der Waals surface area contributed by atoms with Crippen LogP contribution < -0.4 is 0 Å². The molecule has 0 saturated carbocycles. The highest BCUT2D eigenvalue weighted by Crippen LogP contribution is 2.51. The fourth-order valence-corrected chi connectivity index (χ4v) is 3.27. The molecule has 0 aromatic rings. The molecular formula is C13H22O. The van der Waals surface area contributed by atoms with E-state index in [2.05, 4.69) is 40.7 Å². The Morgan fingerprint density at radius 3 is 2.50 bits per heavy atom. The molecule has 2 aliphatic heterocycles. The lowest BCUT2D eigenvalue weighted by Gasteiger charge is -2.55. The van der Waals surface area contributed by atoms with Crippen molar-refractivity contribution in [3.05, 3.63) is 11.6 Å². The van der Waals surface area contributed by atoms with Crippen molar-refractivity contribution < 1.29 is 4.74 Å². The van der Waals surface area contributed by atoms with Crippen molar-refractivity contribution in [2.75, 3.05) is 0 Å². The lowest BCUT2D eigenvalue weighted by molar-refractivity contribution is -0.200. The van der Waals surface area contributed by atoms with Crippen LogP contribution in [0.2, 0.25) is 0 Å². The Bertz CT molecular complexity index is 275. The molecular weight excluding hydrogens is 172 g/mol. The molecule has 0 radical (unpaired) electrons. The van der Waals surface area contributed by atoms with Gasteiger partial charge >= 0.3 is 0 Å². The SMILES string of the molecule is CC1=CC2(C(C)C)CCC1C(C)(C)O2. The molecule has 1 saturated heterocycles. The van der Waals surface area contributed by atoms with E-state index in [1.54, 1.807) is 5.57 Å². The van der Waals surface area contributed by atoms with E-state index in [0.717, 1.165) is 0 Å². The van der Waals surface area contributed by atoms with Crippen molar-refractivity contribution in [2.45, 2.75) is 58.7 Å². The average Bonchev–Trinajstić information content (AvgIpc) is 2.01. The van der Waals surface area contributed by atoms with Crippen LogP contribution in [0.1, 0.15) is 47.5 Å². The Kier molecular flexibility index (Phi) is 2.08. The van der Waals surface area contributed by atoms with E-state index in [-0.39, 0.29) is 11.2 Å². The third-order valence-corrected chi connectivity index (χ3v) is 4.11. The Balaban J connectivity index is 2.42. The third-order valence-electron chi connectivity index (χ3n) is 4.11. The van der Waals surface area contributed by atoms with Gasteiger partial charge in [0.25, 0.3) is 0 Å². The average molecular weight is 194 g/mol. The molecule has 14 heavy (non-hydrogen) atoms. The van der Waals surface area contributed by atoms with E-state index in [9.17, 15) is 0 Å². The van der Waals surface area contributed by atoms with Gasteiger partial charge in [-0.25, -0.2) is 0 Å². The summed E-state index contributed by atoms with van der Waals surface area (Å²) in [5.41, 5.74) is 1.62. The smallest absolute Gasteiger partial charge is 0.0895 e. The molecule has 0 N–H and O–H groups in total. The Morgan fingerprint density at radius 1 is 1.43 bits per heavy atom. The summed E-state index contributed by atoms with van der Waals surface area (Å²) in [6.07, 6.45) is 4.89. The number of hydrogen-bond acceptors (Lipinski definition) is 1. The zero-order valence-electron chi connectivity index (χ0n) is 10.1. The summed E-state index contributed by atoms with van der Waals surface area (Å²) in [6, 6.07) is 0. The van der Waals surface area contributed by atoms with Crippen LogP contribution in [0.5, 0.6) is 0 Å². The molecule has 0 aromatic heterocycles. The van der Waals surface area contributed by atoms with Crippen molar-refractivity contribution >= 4 is 0 Å². The van der Waals surface area contributed by atoms with Crippen LogP contribution in [-0.2, 0) is 4.74 Å². The minimum absolute atomic E-state index is 0.0301. The molecule has 0 spiro atoms. The first-order valence-electron chi connectivity index (χ1n) is 5.77. The fraction of sp³-hybridized carbons (Fsp3) is 0.846. The molecule has 2 bridgehead atoms. The number of hydrogen-bond donors (Lipinski definition) is 0. The quantitative estimate of drug-likeness (QED) is 0.580. The minimum Gasteiger partial charge on any atom is -0.364 e. The molecule has 80 valence electrons. The molecule has 2 atom stereocenters. The summed E-state index contributed by atoms with van der Waals surface area (Å²) >= 11 is 0. The van der Waals surface area contributed by atoms with Crippen LogP contribution in [-0.4, -0.2) is 11.2 Å². The van der Waals surface area contributed by atoms with Gasteiger partial charge in [-0.3, -0.25) is 0 Å². The third kappa shape index (κ3) is 1.25. The van der Waals surface area contributed by atoms with Crippen molar-refractivity contribution in [2.24, 2.45) is 11.8 Å². The van der Waals surface area contributed by atoms with E-state index in [0.29, 0.717) is 11.8 Å². The molecule has 2 unspecified atom stereocenters. The first kappa shape index (κ1) is 10.2. The van der Waals surface area contributed by atoms with Gasteiger partial charge in [-0.2, -0.15) is 0 Å². The van der Waals surface area contributed by atoms with Gasteiger partial charge in [0.05, 0.1) is 11.2 Å². The highest BCUT2D eigenvalue weighted by molar-refractivity contribution is 5.25. The molecule has 0 aromatic carbocycles. The summed E-state index contributed by atoms with van der Waals surface area (Å²) in [5, 5.41) is 0. The summed E-state index contributed by atoms with van der Waals surface area (Å²) < 4.78 is 6.32. The minimum atomic E-state index is 0.0301. The molecule has 2 heterocycles. The highest BCUT2D eigenvalue weighted by Gasteiger charge is 2.51. The topological polar surface area (TPSA) is 9.23 Å². The number of rotatable bonds is 1. The van der Waals surface area contributed by atoms with Crippen molar-refractivity contribution in [1.82, 2.24) is 0 Å². The second-order valence-corrected chi connectivity index (χ2v) is 5.79. The standard InChI is InChI=1S/C13H22O/c1-9(2)13-7-6-11(10(3)8-13)12(4,5)14-13/h8-9,11H,6-7H2,1-5H3. The van der Waals surface area contributed by atoms with Gasteiger partial charge in [0.2, 0.25) is 0 Å². The number of ether oxygens (including phenoxy) is 1. The van der Waals surface area contributed by atoms with Crippen LogP contribution in [0.15, 0.2) is 11.6 Å². The van der Waals surface area contributed by atoms with Gasteiger partial charge in [0.1, 0.15) is 0 Å². The maximum Gasteiger partial charge on any atom is 0.0895 e. The van der Waals surface area contributed by atoms with E-state index >= 15 is 0 Å². The fourth-order valence-electron chi connectivity index (χ4n) is 3.27. The second-order valence-electron chi connectivity index (χ2n) is 5.79. The Hall–Kier alpha value is -0.300. The Labute approximate surface area is 87.5 Å². The summed E-state index contributed by atoms with van der Waals surface area (Å²) in [7, 11) is 0. The zero-order valence-corrected chi connectivity index (χ0v) is 10.1. The summed E-state index contributed by atoms with van der Waals surface area (Å²) in [5.74, 6) is 1.22. The Morgan fingerprint density at radius 2 is 2.07 bits per heavy atom. The van der Waals surface area contributed by atoms with E-state index in [1.807, 2.05) is 0 Å². The molecule has 3 aliphatic rings. The van der Waals surface area contributed by atoms with Gasteiger partial charge in [-0.05, 0) is 39.5 Å². The van der Waals surface area contributed by atoms with Gasteiger partial charge < -0.3 is 4.74 Å². The normalized spacial score (nSPS) is 40.1. The van der Waals surface area contributed by atoms with Crippen LogP contribution >= 0.6 is 0 Å². The van der Waals surface area contributed by atoms with Crippen molar-refractivity contribution in [1.29, 1.82) is 0 Å². The molecule has 1 fully saturated rings. The molecule has 1 heteroatoms. The highest BCUT2D eigenvalue weighted by atomic mass is 16.5. The molecule has 0 amide bonds. The van der Waals surface area contributed by atoms with Gasteiger partial charge in [0, 0.05) is 5.92 Å². The first-order chi connectivity index (χ1) is 6.37. The molecule has 1 nitrogen and oxygen atoms in total. The van der Waals surface area contributed by atoms with Gasteiger partial charge in [-0.1, -0.05) is 25.5 Å². The predicted molar refractivity (Wildman–Crippen MR) is 59.2 cm³/mol. The summed E-state index contributed by atoms with van der Waals surface area (Å²) in [6.45, 7) is 11.3. The molecule has 1 aliphatic carbocycles. The van der Waals surface area contributed by atoms with Crippen LogP contribution in [0.25, 0.3) is 0 Å². The van der Waals surface area contributed by atoms with E-state index in [1.165, 1.54) is 12.8 Å².